The predicted octanol–water partition coefficient (Wildman–Crippen LogP) is 26.6. The highest BCUT2D eigenvalue weighted by molar-refractivity contribution is 7.47. The minimum Gasteiger partial charge on any atom is -0.462 e. The van der Waals surface area contributed by atoms with E-state index in [-0.39, 0.29) is 32.0 Å². The Kier molecular flexibility index (Phi) is 71.7. The minimum absolute atomic E-state index is 0.0317. The van der Waals surface area contributed by atoms with E-state index < -0.39 is 26.5 Å². The van der Waals surface area contributed by atoms with Crippen molar-refractivity contribution in [3.8, 4) is 0 Å². The maximum absolute atomic E-state index is 12.9. The van der Waals surface area contributed by atoms with Gasteiger partial charge in [0.1, 0.15) is 19.8 Å². The van der Waals surface area contributed by atoms with Crippen molar-refractivity contribution in [2.24, 2.45) is 0 Å². The van der Waals surface area contributed by atoms with Gasteiger partial charge in [-0.15, -0.1) is 0 Å². The molecule has 10 heteroatoms. The lowest BCUT2D eigenvalue weighted by Crippen LogP contribution is -2.37. The summed E-state index contributed by atoms with van der Waals surface area (Å²) in [5.41, 5.74) is 0. The molecule has 546 valence electrons. The molecule has 0 saturated carbocycles. The summed E-state index contributed by atoms with van der Waals surface area (Å²) < 4.78 is 34.8. The molecule has 0 aliphatic rings. The third-order valence-corrected chi connectivity index (χ3v) is 18.6. The maximum atomic E-state index is 12.9. The Bertz CT molecular complexity index is 1910. The first-order valence-corrected chi connectivity index (χ1v) is 41.5. The maximum Gasteiger partial charge on any atom is 0.472 e. The van der Waals surface area contributed by atoms with Crippen LogP contribution >= 0.6 is 7.82 Å². The highest BCUT2D eigenvalue weighted by Crippen LogP contribution is 2.43. The largest absolute Gasteiger partial charge is 0.472 e. The van der Waals surface area contributed by atoms with Crippen LogP contribution in [0.25, 0.3) is 0 Å². The van der Waals surface area contributed by atoms with E-state index in [1.54, 1.807) is 0 Å². The number of phosphoric acid groups is 1. The normalized spacial score (nSPS) is 13.6. The molecular formula is C84H153NO8P+. The number of unbranched alkanes of at least 4 members (excludes halogenated alkanes) is 44. The first-order valence-electron chi connectivity index (χ1n) is 40.0. The number of phosphoric ester groups is 1. The Hall–Kier alpha value is -3.07. The molecule has 0 aliphatic carbocycles. The average Bonchev–Trinajstić information content (AvgIpc) is 1.56. The second-order valence-electron chi connectivity index (χ2n) is 28.1. The summed E-state index contributed by atoms with van der Waals surface area (Å²) in [4.78, 5) is 36.0. The summed E-state index contributed by atoms with van der Waals surface area (Å²) in [6.07, 6.45) is 104. The van der Waals surface area contributed by atoms with Crippen LogP contribution in [0.2, 0.25) is 0 Å². The molecule has 0 heterocycles. The topological polar surface area (TPSA) is 108 Å². The summed E-state index contributed by atoms with van der Waals surface area (Å²) in [5, 5.41) is 0. The summed E-state index contributed by atoms with van der Waals surface area (Å²) >= 11 is 0. The van der Waals surface area contributed by atoms with Crippen molar-refractivity contribution >= 4 is 19.8 Å². The van der Waals surface area contributed by atoms with Gasteiger partial charge in [0, 0.05) is 12.8 Å². The third-order valence-electron chi connectivity index (χ3n) is 17.6. The molecule has 0 rings (SSSR count). The highest BCUT2D eigenvalue weighted by Gasteiger charge is 2.27. The van der Waals surface area contributed by atoms with Gasteiger partial charge >= 0.3 is 19.8 Å². The van der Waals surface area contributed by atoms with Gasteiger partial charge in [0.2, 0.25) is 0 Å². The zero-order chi connectivity index (χ0) is 68.3. The lowest BCUT2D eigenvalue weighted by molar-refractivity contribution is -0.870. The van der Waals surface area contributed by atoms with Crippen LogP contribution in [0.4, 0.5) is 0 Å². The minimum atomic E-state index is -4.40. The number of likely N-dealkylation sites (N-methyl/N-ethyl adjacent to an activating group) is 1. The molecular weight excluding hydrogens is 1180 g/mol. The van der Waals surface area contributed by atoms with Crippen molar-refractivity contribution in [2.45, 2.75) is 380 Å². The van der Waals surface area contributed by atoms with E-state index in [2.05, 4.69) is 111 Å². The average molecular weight is 1340 g/mol. The zero-order valence-corrected chi connectivity index (χ0v) is 63.3. The number of carbonyl (C=O) groups is 2. The van der Waals surface area contributed by atoms with E-state index in [1.165, 1.54) is 263 Å². The van der Waals surface area contributed by atoms with E-state index in [9.17, 15) is 19.0 Å². The molecule has 0 amide bonds. The van der Waals surface area contributed by atoms with Gasteiger partial charge in [-0.1, -0.05) is 361 Å². The number of carbonyl (C=O) groups excluding carboxylic acids is 2. The third kappa shape index (κ3) is 77.9. The molecule has 0 fully saturated rings. The van der Waals surface area contributed by atoms with Crippen molar-refractivity contribution in [3.63, 3.8) is 0 Å². The molecule has 0 saturated heterocycles. The number of ether oxygens (including phenoxy) is 2. The lowest BCUT2D eigenvalue weighted by atomic mass is 10.0. The van der Waals surface area contributed by atoms with Crippen LogP contribution in [0.15, 0.2) is 97.2 Å². The van der Waals surface area contributed by atoms with Crippen molar-refractivity contribution in [3.05, 3.63) is 97.2 Å². The Labute approximate surface area is 583 Å². The molecule has 0 spiro atoms. The first kappa shape index (κ1) is 90.9. The number of hydrogen-bond acceptors (Lipinski definition) is 7. The van der Waals surface area contributed by atoms with Gasteiger partial charge in [0.25, 0.3) is 0 Å². The molecule has 9 nitrogen and oxygen atoms in total. The zero-order valence-electron chi connectivity index (χ0n) is 62.4. The lowest BCUT2D eigenvalue weighted by Gasteiger charge is -2.24. The fraction of sp³-hybridized carbons (Fsp3) is 0.786. The van der Waals surface area contributed by atoms with E-state index in [0.717, 1.165) is 77.0 Å². The van der Waals surface area contributed by atoms with E-state index in [1.807, 2.05) is 21.1 Å². The van der Waals surface area contributed by atoms with Gasteiger partial charge in [-0.25, -0.2) is 4.57 Å². The second-order valence-corrected chi connectivity index (χ2v) is 29.5. The smallest absolute Gasteiger partial charge is 0.462 e. The van der Waals surface area contributed by atoms with Crippen LogP contribution in [0.5, 0.6) is 0 Å². The van der Waals surface area contributed by atoms with Gasteiger partial charge < -0.3 is 18.9 Å². The number of hydrogen-bond donors (Lipinski definition) is 1. The Morgan fingerprint density at radius 3 is 0.904 bits per heavy atom. The molecule has 0 aromatic rings. The molecule has 0 aromatic heterocycles. The first-order chi connectivity index (χ1) is 46.0. The summed E-state index contributed by atoms with van der Waals surface area (Å²) in [6.45, 7) is 4.36. The number of quaternary nitrogens is 1. The fourth-order valence-electron chi connectivity index (χ4n) is 11.5. The van der Waals surface area contributed by atoms with Gasteiger partial charge in [-0.3, -0.25) is 18.6 Å². The highest BCUT2D eigenvalue weighted by atomic mass is 31.2. The molecule has 0 aromatic carbocycles. The standard InChI is InChI=1S/C84H152NO8P/c1-6-8-10-12-14-16-18-20-22-24-26-28-30-32-34-36-38-39-40-41-42-43-44-45-47-49-51-53-55-57-59-61-63-65-67-69-71-73-75-77-84(87)93-82(81-92-94(88,89)91-79-78-85(3,4)5)80-90-83(86)76-74-72-70-68-66-64-62-60-58-56-54-52-50-48-46-37-35-33-31-29-27-25-23-21-19-17-15-13-11-9-7-2/h8,10,14,16,19-22,25-28,31-34,82H,6-7,9,11-13,15,17-18,23-24,29-30,35-81H2,1-5H3/p+1/b10-8-,16-14-,21-19-,22-20-,27-25-,28-26-,33-31-,34-32-. The van der Waals surface area contributed by atoms with Crippen molar-refractivity contribution in [1.29, 1.82) is 0 Å². The van der Waals surface area contributed by atoms with Crippen LogP contribution in [0.3, 0.4) is 0 Å². The van der Waals surface area contributed by atoms with Crippen LogP contribution in [0, 0.1) is 0 Å². The Morgan fingerprint density at radius 2 is 0.606 bits per heavy atom. The molecule has 94 heavy (non-hydrogen) atoms. The van der Waals surface area contributed by atoms with Crippen LogP contribution in [-0.4, -0.2) is 74.9 Å². The number of rotatable bonds is 74. The second kappa shape index (κ2) is 74.2. The number of esters is 2. The summed E-state index contributed by atoms with van der Waals surface area (Å²) in [6, 6.07) is 0. The van der Waals surface area contributed by atoms with Crippen LogP contribution in [-0.2, 0) is 32.7 Å². The molecule has 0 radical (unpaired) electrons. The van der Waals surface area contributed by atoms with Gasteiger partial charge in [0.15, 0.2) is 6.10 Å². The van der Waals surface area contributed by atoms with Crippen LogP contribution < -0.4 is 0 Å². The quantitative estimate of drug-likeness (QED) is 0.0211. The molecule has 1 N–H and O–H groups in total. The van der Waals surface area contributed by atoms with Gasteiger partial charge in [-0.05, 0) is 96.3 Å². The van der Waals surface area contributed by atoms with Gasteiger partial charge in [-0.2, -0.15) is 0 Å². The van der Waals surface area contributed by atoms with E-state index in [0.29, 0.717) is 17.4 Å². The molecule has 2 unspecified atom stereocenters. The van der Waals surface area contributed by atoms with Crippen LogP contribution in [0.1, 0.15) is 373 Å². The predicted molar refractivity (Wildman–Crippen MR) is 408 cm³/mol. The SMILES string of the molecule is CC/C=C\C/C=C\C/C=C\C/C=C\C/C=C\CCCCCCCCCCCCCCCCCCCCCCCCCC(=O)OC(COC(=O)CCCCCCCCCCCCCCCCCC/C=C\C/C=C\C/C=C\CCCCCCC)COP(=O)(O)OCC[N+](C)(C)C. The van der Waals surface area contributed by atoms with Gasteiger partial charge in [0.05, 0.1) is 27.7 Å². The Morgan fingerprint density at radius 1 is 0.340 bits per heavy atom. The Balaban J connectivity index is 3.93. The van der Waals surface area contributed by atoms with Crippen molar-refractivity contribution in [1.82, 2.24) is 0 Å². The fourth-order valence-corrected chi connectivity index (χ4v) is 12.3. The molecule has 0 bridgehead atoms. The summed E-state index contributed by atoms with van der Waals surface area (Å²) in [5.74, 6) is -0.781. The monoisotopic (exact) mass is 1340 g/mol. The van der Waals surface area contributed by atoms with E-state index >= 15 is 0 Å². The van der Waals surface area contributed by atoms with Crippen molar-refractivity contribution in [2.75, 3.05) is 47.5 Å². The number of nitrogens with zero attached hydrogens (tertiary/aromatic N) is 1. The molecule has 2 atom stereocenters. The van der Waals surface area contributed by atoms with E-state index in [4.69, 9.17) is 18.5 Å². The summed E-state index contributed by atoms with van der Waals surface area (Å²) in [7, 11) is 1.49. The molecule has 0 aliphatic heterocycles. The van der Waals surface area contributed by atoms with Crippen molar-refractivity contribution < 1.29 is 42.1 Å². The number of allylic oxidation sites excluding steroid dienone is 16.